The standard InChI is InChI=1S/C22H21N5O4/c1-15-4-2-3-5-18(15)14-31-20-7-6-16(12-19(20)27(29)30)13-21(28)25-26-22(23)17-8-10-24-11-9-17/h2-12H,13-14H2,1H3,(H2,23,26)(H,25,28). The quantitative estimate of drug-likeness (QED) is 0.250. The number of carbonyl (C=O) groups excluding carboxylic acids is 1. The molecule has 1 heterocycles. The first-order valence-corrected chi connectivity index (χ1v) is 9.41. The minimum atomic E-state index is -0.534. The van der Waals surface area contributed by atoms with E-state index in [1.54, 1.807) is 30.6 Å². The Labute approximate surface area is 178 Å². The number of nitro groups is 1. The number of benzene rings is 2. The van der Waals surface area contributed by atoms with Crippen LogP contribution in [0.2, 0.25) is 0 Å². The Balaban J connectivity index is 1.66. The highest BCUT2D eigenvalue weighted by Gasteiger charge is 2.17. The van der Waals surface area contributed by atoms with Crippen molar-refractivity contribution in [2.24, 2.45) is 10.8 Å². The third-order valence-corrected chi connectivity index (χ3v) is 4.51. The summed E-state index contributed by atoms with van der Waals surface area (Å²) in [6, 6.07) is 15.4. The number of nitrogens with two attached hydrogens (primary N) is 1. The number of amides is 1. The van der Waals surface area contributed by atoms with E-state index in [4.69, 9.17) is 10.5 Å². The second kappa shape index (κ2) is 9.97. The van der Waals surface area contributed by atoms with Gasteiger partial charge in [0.25, 0.3) is 0 Å². The highest BCUT2D eigenvalue weighted by atomic mass is 16.6. The molecule has 2 aromatic carbocycles. The molecule has 1 amide bonds. The van der Waals surface area contributed by atoms with E-state index in [1.807, 2.05) is 31.2 Å². The average Bonchev–Trinajstić information content (AvgIpc) is 2.78. The van der Waals surface area contributed by atoms with Gasteiger partial charge < -0.3 is 10.5 Å². The first-order chi connectivity index (χ1) is 14.9. The fraction of sp³-hybridized carbons (Fsp3) is 0.136. The van der Waals surface area contributed by atoms with Crippen molar-refractivity contribution in [3.8, 4) is 5.75 Å². The molecule has 0 atom stereocenters. The summed E-state index contributed by atoms with van der Waals surface area (Å²) in [7, 11) is 0. The lowest BCUT2D eigenvalue weighted by atomic mass is 10.1. The largest absolute Gasteiger partial charge is 0.482 e. The SMILES string of the molecule is Cc1ccccc1COc1ccc(CC(=O)N/N=C(\N)c2ccncc2)cc1[N+](=O)[O-]. The van der Waals surface area contributed by atoms with E-state index in [-0.39, 0.29) is 30.3 Å². The average molecular weight is 419 g/mol. The van der Waals surface area contributed by atoms with Gasteiger partial charge in [-0.05, 0) is 41.8 Å². The van der Waals surface area contributed by atoms with Crippen LogP contribution in [0, 0.1) is 17.0 Å². The van der Waals surface area contributed by atoms with Crippen LogP contribution >= 0.6 is 0 Å². The summed E-state index contributed by atoms with van der Waals surface area (Å²) in [5.41, 5.74) is 11.0. The zero-order valence-corrected chi connectivity index (χ0v) is 16.8. The van der Waals surface area contributed by atoms with Gasteiger partial charge in [0.2, 0.25) is 5.91 Å². The first-order valence-electron chi connectivity index (χ1n) is 9.41. The van der Waals surface area contributed by atoms with Crippen LogP contribution in [0.15, 0.2) is 72.1 Å². The molecule has 0 aliphatic rings. The molecule has 158 valence electrons. The maximum absolute atomic E-state index is 12.2. The summed E-state index contributed by atoms with van der Waals surface area (Å²) in [5, 5.41) is 15.3. The molecule has 0 aliphatic heterocycles. The predicted octanol–water partition coefficient (Wildman–Crippen LogP) is 2.86. The van der Waals surface area contributed by atoms with Crippen molar-refractivity contribution in [2.75, 3.05) is 0 Å². The van der Waals surface area contributed by atoms with Crippen molar-refractivity contribution < 1.29 is 14.5 Å². The number of hydrogen-bond donors (Lipinski definition) is 2. The maximum Gasteiger partial charge on any atom is 0.311 e. The van der Waals surface area contributed by atoms with Crippen LogP contribution in [0.3, 0.4) is 0 Å². The monoisotopic (exact) mass is 419 g/mol. The second-order valence-electron chi connectivity index (χ2n) is 6.72. The van der Waals surface area contributed by atoms with Crippen LogP contribution in [0.4, 0.5) is 5.69 Å². The van der Waals surface area contributed by atoms with Crippen molar-refractivity contribution in [1.82, 2.24) is 10.4 Å². The number of carbonyl (C=O) groups is 1. The Morgan fingerprint density at radius 3 is 2.65 bits per heavy atom. The van der Waals surface area contributed by atoms with Crippen molar-refractivity contribution in [3.63, 3.8) is 0 Å². The van der Waals surface area contributed by atoms with Crippen LogP contribution in [-0.2, 0) is 17.8 Å². The number of aryl methyl sites for hydroxylation is 1. The van der Waals surface area contributed by atoms with Gasteiger partial charge >= 0.3 is 5.69 Å². The van der Waals surface area contributed by atoms with Gasteiger partial charge in [0.15, 0.2) is 11.6 Å². The van der Waals surface area contributed by atoms with Crippen molar-refractivity contribution in [1.29, 1.82) is 0 Å². The summed E-state index contributed by atoms with van der Waals surface area (Å²) in [5.74, 6) is -0.195. The molecular weight excluding hydrogens is 398 g/mol. The van der Waals surface area contributed by atoms with E-state index in [9.17, 15) is 14.9 Å². The Hall–Kier alpha value is -4.27. The Bertz CT molecular complexity index is 1120. The molecule has 9 heteroatoms. The summed E-state index contributed by atoms with van der Waals surface area (Å²) in [4.78, 5) is 27.0. The minimum Gasteiger partial charge on any atom is -0.482 e. The lowest BCUT2D eigenvalue weighted by molar-refractivity contribution is -0.386. The van der Waals surface area contributed by atoms with E-state index in [0.29, 0.717) is 11.1 Å². The van der Waals surface area contributed by atoms with E-state index >= 15 is 0 Å². The van der Waals surface area contributed by atoms with Gasteiger partial charge in [0, 0.05) is 24.0 Å². The Kier molecular flexibility index (Phi) is 6.89. The van der Waals surface area contributed by atoms with Crippen LogP contribution < -0.4 is 15.9 Å². The van der Waals surface area contributed by atoms with Gasteiger partial charge in [0.1, 0.15) is 6.61 Å². The third kappa shape index (κ3) is 5.86. The Morgan fingerprint density at radius 2 is 1.94 bits per heavy atom. The van der Waals surface area contributed by atoms with Gasteiger partial charge in [-0.15, -0.1) is 0 Å². The molecule has 0 radical (unpaired) electrons. The number of amidine groups is 1. The topological polar surface area (TPSA) is 133 Å². The van der Waals surface area contributed by atoms with Crippen molar-refractivity contribution in [3.05, 3.63) is 99.4 Å². The molecule has 0 saturated carbocycles. The number of hydrazone groups is 1. The highest BCUT2D eigenvalue weighted by molar-refractivity contribution is 5.97. The lowest BCUT2D eigenvalue weighted by Crippen LogP contribution is -2.25. The first kappa shape index (κ1) is 21.4. The van der Waals surface area contributed by atoms with Crippen molar-refractivity contribution in [2.45, 2.75) is 20.0 Å². The third-order valence-electron chi connectivity index (χ3n) is 4.51. The molecule has 3 aromatic rings. The zero-order valence-electron chi connectivity index (χ0n) is 16.8. The van der Waals surface area contributed by atoms with Crippen LogP contribution in [0.25, 0.3) is 0 Å². The van der Waals surface area contributed by atoms with Crippen LogP contribution in [-0.4, -0.2) is 21.7 Å². The van der Waals surface area contributed by atoms with Gasteiger partial charge in [-0.3, -0.25) is 19.9 Å². The maximum atomic E-state index is 12.2. The molecular formula is C22H21N5O4. The van der Waals surface area contributed by atoms with Gasteiger partial charge in [-0.1, -0.05) is 30.3 Å². The Morgan fingerprint density at radius 1 is 1.19 bits per heavy atom. The molecule has 31 heavy (non-hydrogen) atoms. The van der Waals surface area contributed by atoms with Gasteiger partial charge in [-0.2, -0.15) is 5.10 Å². The van der Waals surface area contributed by atoms with Crippen molar-refractivity contribution >= 4 is 17.4 Å². The van der Waals surface area contributed by atoms with Gasteiger partial charge in [-0.25, -0.2) is 5.43 Å². The molecule has 0 saturated heterocycles. The number of nitrogens with one attached hydrogen (secondary N) is 1. The molecule has 0 bridgehead atoms. The summed E-state index contributed by atoms with van der Waals surface area (Å²) < 4.78 is 5.67. The van der Waals surface area contributed by atoms with E-state index < -0.39 is 10.8 Å². The van der Waals surface area contributed by atoms with Gasteiger partial charge in [0.05, 0.1) is 11.3 Å². The number of nitro benzene ring substituents is 1. The molecule has 0 aliphatic carbocycles. The van der Waals surface area contributed by atoms with E-state index in [2.05, 4.69) is 15.5 Å². The minimum absolute atomic E-state index is 0.105. The number of nitrogens with zero attached hydrogens (tertiary/aromatic N) is 3. The normalized spacial score (nSPS) is 11.1. The molecule has 0 unspecified atom stereocenters. The second-order valence-corrected chi connectivity index (χ2v) is 6.72. The molecule has 1 aromatic heterocycles. The molecule has 0 fully saturated rings. The molecule has 3 rings (SSSR count). The fourth-order valence-corrected chi connectivity index (χ4v) is 2.80. The van der Waals surface area contributed by atoms with E-state index in [1.165, 1.54) is 12.1 Å². The predicted molar refractivity (Wildman–Crippen MR) is 115 cm³/mol. The molecule has 0 spiro atoms. The molecule has 3 N–H and O–H groups in total. The van der Waals surface area contributed by atoms with E-state index in [0.717, 1.165) is 11.1 Å². The lowest BCUT2D eigenvalue weighted by Gasteiger charge is -2.10. The molecule has 9 nitrogen and oxygen atoms in total. The summed E-state index contributed by atoms with van der Waals surface area (Å²) in [6.07, 6.45) is 3.01. The highest BCUT2D eigenvalue weighted by Crippen LogP contribution is 2.29. The van der Waals surface area contributed by atoms with Crippen LogP contribution in [0.1, 0.15) is 22.3 Å². The van der Waals surface area contributed by atoms with Crippen LogP contribution in [0.5, 0.6) is 5.75 Å². The summed E-state index contributed by atoms with van der Waals surface area (Å²) in [6.45, 7) is 2.15. The number of rotatable bonds is 8. The number of pyridine rings is 1. The smallest absolute Gasteiger partial charge is 0.311 e. The number of ether oxygens (including phenoxy) is 1. The summed E-state index contributed by atoms with van der Waals surface area (Å²) >= 11 is 0. The fourth-order valence-electron chi connectivity index (χ4n) is 2.80. The zero-order chi connectivity index (χ0) is 22.2. The number of aromatic nitrogens is 1. The number of hydrogen-bond acceptors (Lipinski definition) is 6.